The van der Waals surface area contributed by atoms with Crippen LogP contribution in [0.1, 0.15) is 110 Å². The SMILES string of the molecule is CC(C)CC1(C)B(C(C)(C)C(C)(C)C(C)C)C(C)(C)CC(C)(C)C1C. The third-order valence-electron chi connectivity index (χ3n) is 9.19. The molecule has 148 valence electrons. The van der Waals surface area contributed by atoms with Gasteiger partial charge >= 0.3 is 0 Å². The minimum Gasteiger partial charge on any atom is -0.0664 e. The van der Waals surface area contributed by atoms with Gasteiger partial charge in [0.15, 0.2) is 6.71 Å². The molecule has 0 aliphatic carbocycles. The van der Waals surface area contributed by atoms with E-state index in [9.17, 15) is 0 Å². The summed E-state index contributed by atoms with van der Waals surface area (Å²) in [5.41, 5.74) is 0.718. The molecule has 0 bridgehead atoms. The molecular weight excluding hydrogens is 299 g/mol. The van der Waals surface area contributed by atoms with Crippen LogP contribution in [0.5, 0.6) is 0 Å². The highest BCUT2D eigenvalue weighted by molar-refractivity contribution is 6.69. The van der Waals surface area contributed by atoms with Crippen molar-refractivity contribution in [3.63, 3.8) is 0 Å². The van der Waals surface area contributed by atoms with Crippen LogP contribution in [0, 0.1) is 28.6 Å². The molecule has 25 heavy (non-hydrogen) atoms. The maximum atomic E-state index is 2.64. The fraction of sp³-hybridized carbons (Fsp3) is 1.00. The van der Waals surface area contributed by atoms with Crippen molar-refractivity contribution in [2.75, 3.05) is 0 Å². The second kappa shape index (κ2) is 6.59. The van der Waals surface area contributed by atoms with Crippen LogP contribution in [0.3, 0.4) is 0 Å². The molecule has 1 aliphatic heterocycles. The van der Waals surface area contributed by atoms with Crippen molar-refractivity contribution in [1.82, 2.24) is 0 Å². The number of hydrogen-bond donors (Lipinski definition) is 0. The Morgan fingerprint density at radius 3 is 1.72 bits per heavy atom. The standard InChI is InChI=1S/C24H49B/c1-17(2)15-24(14)19(5)20(6,7)16-21(8,9)25(24)23(12,13)22(10,11)18(3)4/h17-19H,15-16H2,1-14H3. The second-order valence-electron chi connectivity index (χ2n) is 13.0. The topological polar surface area (TPSA) is 0 Å². The Balaban J connectivity index is 3.65. The van der Waals surface area contributed by atoms with Gasteiger partial charge in [-0.2, -0.15) is 0 Å². The summed E-state index contributed by atoms with van der Waals surface area (Å²) in [6, 6.07) is 0. The minimum absolute atomic E-state index is 0.291. The van der Waals surface area contributed by atoms with Gasteiger partial charge in [0.05, 0.1) is 0 Å². The normalized spacial score (nSPS) is 30.2. The quantitative estimate of drug-likeness (QED) is 0.436. The van der Waals surface area contributed by atoms with Crippen LogP contribution in [0.15, 0.2) is 0 Å². The predicted molar refractivity (Wildman–Crippen MR) is 118 cm³/mol. The van der Waals surface area contributed by atoms with Crippen LogP contribution < -0.4 is 0 Å². The molecule has 0 saturated carbocycles. The maximum Gasteiger partial charge on any atom is 0.158 e. The molecule has 2 atom stereocenters. The fourth-order valence-electron chi connectivity index (χ4n) is 7.56. The molecule has 0 aromatic rings. The lowest BCUT2D eigenvalue weighted by atomic mass is 9.06. The van der Waals surface area contributed by atoms with Crippen LogP contribution >= 0.6 is 0 Å². The first kappa shape index (κ1) is 23.1. The molecule has 0 nitrogen and oxygen atoms in total. The molecule has 0 amide bonds. The number of hydrogen-bond acceptors (Lipinski definition) is 0. The molecule has 1 heteroatoms. The summed E-state index contributed by atoms with van der Waals surface area (Å²) in [5.74, 6) is 2.17. The second-order valence-corrected chi connectivity index (χ2v) is 13.0. The van der Waals surface area contributed by atoms with E-state index in [4.69, 9.17) is 0 Å². The van der Waals surface area contributed by atoms with E-state index in [1.54, 1.807) is 0 Å². The Kier molecular flexibility index (Phi) is 6.09. The lowest BCUT2D eigenvalue weighted by Crippen LogP contribution is -2.61. The van der Waals surface area contributed by atoms with Gasteiger partial charge in [-0.25, -0.2) is 0 Å². The zero-order valence-corrected chi connectivity index (χ0v) is 20.2. The lowest BCUT2D eigenvalue weighted by Gasteiger charge is -2.67. The first-order valence-corrected chi connectivity index (χ1v) is 10.8. The van der Waals surface area contributed by atoms with Gasteiger partial charge in [0.25, 0.3) is 0 Å². The van der Waals surface area contributed by atoms with E-state index in [1.807, 2.05) is 0 Å². The van der Waals surface area contributed by atoms with Crippen molar-refractivity contribution < 1.29 is 0 Å². The fourth-order valence-corrected chi connectivity index (χ4v) is 7.56. The van der Waals surface area contributed by atoms with E-state index in [2.05, 4.69) is 96.9 Å². The largest absolute Gasteiger partial charge is 0.158 e. The van der Waals surface area contributed by atoms with Gasteiger partial charge in [-0.3, -0.25) is 0 Å². The Bertz CT molecular complexity index is 466. The van der Waals surface area contributed by atoms with Crippen LogP contribution in [-0.4, -0.2) is 6.71 Å². The van der Waals surface area contributed by atoms with Crippen molar-refractivity contribution >= 4 is 6.71 Å². The third kappa shape index (κ3) is 3.73. The molecule has 0 aromatic carbocycles. The zero-order valence-electron chi connectivity index (χ0n) is 20.2. The van der Waals surface area contributed by atoms with Gasteiger partial charge in [-0.15, -0.1) is 0 Å². The molecule has 2 unspecified atom stereocenters. The summed E-state index contributed by atoms with van der Waals surface area (Å²) in [4.78, 5) is 0. The molecule has 1 rings (SSSR count). The third-order valence-corrected chi connectivity index (χ3v) is 9.19. The van der Waals surface area contributed by atoms with E-state index in [0.717, 1.165) is 18.5 Å². The summed E-state index contributed by atoms with van der Waals surface area (Å²) in [7, 11) is 0. The summed E-state index contributed by atoms with van der Waals surface area (Å²) < 4.78 is 0. The summed E-state index contributed by atoms with van der Waals surface area (Å²) >= 11 is 0. The van der Waals surface area contributed by atoms with Gasteiger partial charge in [0.1, 0.15) is 0 Å². The average Bonchev–Trinajstić information content (AvgIpc) is 2.32. The van der Waals surface area contributed by atoms with Gasteiger partial charge in [0, 0.05) is 0 Å². The first-order chi connectivity index (χ1) is 10.8. The number of rotatable bonds is 5. The van der Waals surface area contributed by atoms with Crippen LogP contribution in [0.2, 0.25) is 15.9 Å². The molecule has 1 saturated heterocycles. The highest BCUT2D eigenvalue weighted by Crippen LogP contribution is 2.73. The van der Waals surface area contributed by atoms with E-state index in [0.29, 0.717) is 32.7 Å². The lowest BCUT2D eigenvalue weighted by molar-refractivity contribution is 0.0830. The molecule has 1 fully saturated rings. The predicted octanol–water partition coefficient (Wildman–Crippen LogP) is 8.60. The van der Waals surface area contributed by atoms with Crippen molar-refractivity contribution in [1.29, 1.82) is 0 Å². The summed E-state index contributed by atoms with van der Waals surface area (Å²) in [6.07, 6.45) is 2.67. The Hall–Kier alpha value is 0.0649. The molecule has 1 aliphatic rings. The Morgan fingerprint density at radius 1 is 0.920 bits per heavy atom. The van der Waals surface area contributed by atoms with Gasteiger partial charge < -0.3 is 0 Å². The molecule has 0 aromatic heterocycles. The van der Waals surface area contributed by atoms with Gasteiger partial charge in [-0.1, -0.05) is 109 Å². The van der Waals surface area contributed by atoms with Gasteiger partial charge in [-0.05, 0) is 45.6 Å². The Labute approximate surface area is 161 Å². The monoisotopic (exact) mass is 348 g/mol. The van der Waals surface area contributed by atoms with Crippen molar-refractivity contribution in [3.05, 3.63) is 0 Å². The first-order valence-electron chi connectivity index (χ1n) is 10.8. The highest BCUT2D eigenvalue weighted by atomic mass is 14.5. The Morgan fingerprint density at radius 2 is 1.36 bits per heavy atom. The van der Waals surface area contributed by atoms with Crippen molar-refractivity contribution in [2.24, 2.45) is 28.6 Å². The van der Waals surface area contributed by atoms with E-state index in [-0.39, 0.29) is 0 Å². The van der Waals surface area contributed by atoms with Crippen LogP contribution in [-0.2, 0) is 0 Å². The van der Waals surface area contributed by atoms with E-state index >= 15 is 0 Å². The molecule has 1 heterocycles. The molecule has 0 radical (unpaired) electrons. The van der Waals surface area contributed by atoms with Crippen LogP contribution in [0.4, 0.5) is 0 Å². The van der Waals surface area contributed by atoms with Crippen molar-refractivity contribution in [2.45, 2.75) is 126 Å². The molecule has 0 spiro atoms. The minimum atomic E-state index is 0.291. The molecular formula is C24H49B. The van der Waals surface area contributed by atoms with Crippen molar-refractivity contribution in [3.8, 4) is 0 Å². The van der Waals surface area contributed by atoms with Crippen LogP contribution in [0.25, 0.3) is 0 Å². The highest BCUT2D eigenvalue weighted by Gasteiger charge is 2.65. The van der Waals surface area contributed by atoms with E-state index in [1.165, 1.54) is 12.8 Å². The average molecular weight is 348 g/mol. The smallest absolute Gasteiger partial charge is 0.0664 e. The molecule has 0 N–H and O–H groups in total. The zero-order chi connectivity index (χ0) is 20.2. The maximum absolute atomic E-state index is 2.64. The summed E-state index contributed by atoms with van der Waals surface area (Å²) in [6.45, 7) is 36.0. The van der Waals surface area contributed by atoms with E-state index < -0.39 is 0 Å². The summed E-state index contributed by atoms with van der Waals surface area (Å²) in [5, 5.41) is 1.02. The van der Waals surface area contributed by atoms with Gasteiger partial charge in [0.2, 0.25) is 0 Å².